The van der Waals surface area contributed by atoms with Crippen molar-refractivity contribution in [3.8, 4) is 0 Å². The molecule has 1 rings (SSSR count). The molecule has 1 amide bonds. The summed E-state index contributed by atoms with van der Waals surface area (Å²) in [6, 6.07) is 0.129. The number of ether oxygens (including phenoxy) is 1. The first-order valence-corrected chi connectivity index (χ1v) is 7.74. The first-order chi connectivity index (χ1) is 9.27. The number of carbonyl (C=O) groups is 2. The minimum atomic E-state index is -0.744. The van der Waals surface area contributed by atoms with Gasteiger partial charge < -0.3 is 10.1 Å². The maximum absolute atomic E-state index is 12.5. The van der Waals surface area contributed by atoms with Gasteiger partial charge >= 0.3 is 5.97 Å². The van der Waals surface area contributed by atoms with Crippen LogP contribution in [0.2, 0.25) is 0 Å². The van der Waals surface area contributed by atoms with Crippen molar-refractivity contribution < 1.29 is 14.3 Å². The fourth-order valence-corrected chi connectivity index (χ4v) is 2.96. The van der Waals surface area contributed by atoms with Crippen molar-refractivity contribution in [2.75, 3.05) is 6.61 Å². The average Bonchev–Trinajstić information content (AvgIpc) is 2.80. The van der Waals surface area contributed by atoms with Gasteiger partial charge in [0.1, 0.15) is 5.92 Å². The lowest BCUT2D eigenvalue weighted by atomic mass is 9.79. The monoisotopic (exact) mass is 283 g/mol. The van der Waals surface area contributed by atoms with Crippen LogP contribution in [0.4, 0.5) is 0 Å². The Kier molecular flexibility index (Phi) is 6.03. The number of nitrogens with one attached hydrogen (secondary N) is 1. The third-order valence-electron chi connectivity index (χ3n) is 4.13. The lowest BCUT2D eigenvalue weighted by molar-refractivity contribution is -0.157. The number of hydrogen-bond acceptors (Lipinski definition) is 3. The van der Waals surface area contributed by atoms with E-state index in [2.05, 4.69) is 5.32 Å². The second-order valence-electron chi connectivity index (χ2n) is 6.89. The van der Waals surface area contributed by atoms with Crippen LogP contribution in [0, 0.1) is 17.3 Å². The molecule has 0 aromatic carbocycles. The molecule has 4 nitrogen and oxygen atoms in total. The molecular formula is C16H29NO3. The Labute approximate surface area is 122 Å². The molecule has 20 heavy (non-hydrogen) atoms. The molecule has 2 atom stereocenters. The Morgan fingerprint density at radius 2 is 1.80 bits per heavy atom. The van der Waals surface area contributed by atoms with Gasteiger partial charge in [0.15, 0.2) is 0 Å². The van der Waals surface area contributed by atoms with Crippen LogP contribution < -0.4 is 5.32 Å². The summed E-state index contributed by atoms with van der Waals surface area (Å²) in [7, 11) is 0. The lowest BCUT2D eigenvalue weighted by Crippen LogP contribution is -2.48. The van der Waals surface area contributed by atoms with E-state index in [9.17, 15) is 9.59 Å². The molecule has 0 aliphatic heterocycles. The minimum Gasteiger partial charge on any atom is -0.465 e. The first-order valence-electron chi connectivity index (χ1n) is 7.74. The van der Waals surface area contributed by atoms with E-state index < -0.39 is 17.3 Å². The highest BCUT2D eigenvalue weighted by atomic mass is 16.5. The molecule has 4 heteroatoms. The molecule has 0 aromatic heterocycles. The van der Waals surface area contributed by atoms with Crippen molar-refractivity contribution in [2.24, 2.45) is 17.3 Å². The van der Waals surface area contributed by atoms with E-state index in [4.69, 9.17) is 4.74 Å². The Morgan fingerprint density at radius 1 is 1.25 bits per heavy atom. The van der Waals surface area contributed by atoms with Gasteiger partial charge in [-0.2, -0.15) is 0 Å². The molecule has 0 saturated heterocycles. The van der Waals surface area contributed by atoms with E-state index in [-0.39, 0.29) is 11.9 Å². The summed E-state index contributed by atoms with van der Waals surface area (Å²) in [6.45, 7) is 9.80. The normalized spacial score (nSPS) is 19.4. The van der Waals surface area contributed by atoms with E-state index in [0.29, 0.717) is 12.5 Å². The van der Waals surface area contributed by atoms with Crippen molar-refractivity contribution in [1.29, 1.82) is 0 Å². The maximum Gasteiger partial charge on any atom is 0.319 e. The molecule has 0 heterocycles. The summed E-state index contributed by atoms with van der Waals surface area (Å²) in [5.74, 6) is -0.820. The predicted octanol–water partition coefficient (Wildman–Crippen LogP) is 2.91. The molecule has 1 aliphatic rings. The lowest BCUT2D eigenvalue weighted by Gasteiger charge is -2.30. The highest BCUT2D eigenvalue weighted by molar-refractivity contribution is 5.98. The summed E-state index contributed by atoms with van der Waals surface area (Å²) >= 11 is 0. The Balaban J connectivity index is 2.70. The largest absolute Gasteiger partial charge is 0.465 e. The van der Waals surface area contributed by atoms with Crippen LogP contribution in [0.15, 0.2) is 0 Å². The standard InChI is InChI=1S/C16H29NO3/c1-6-20-15(19)13(16(3,4)5)14(18)17-11(2)12-9-7-8-10-12/h11-13H,6-10H2,1-5H3,(H,17,18). The predicted molar refractivity (Wildman–Crippen MR) is 79.1 cm³/mol. The molecule has 0 aromatic rings. The second-order valence-corrected chi connectivity index (χ2v) is 6.89. The molecule has 1 aliphatic carbocycles. The zero-order valence-electron chi connectivity index (χ0n) is 13.5. The Hall–Kier alpha value is -1.06. The zero-order chi connectivity index (χ0) is 15.3. The highest BCUT2D eigenvalue weighted by Crippen LogP contribution is 2.30. The van der Waals surface area contributed by atoms with Crippen LogP contribution in [-0.2, 0) is 14.3 Å². The molecule has 1 saturated carbocycles. The van der Waals surface area contributed by atoms with Crippen LogP contribution in [0.25, 0.3) is 0 Å². The number of esters is 1. The molecule has 0 bridgehead atoms. The average molecular weight is 283 g/mol. The summed E-state index contributed by atoms with van der Waals surface area (Å²) in [4.78, 5) is 24.5. The summed E-state index contributed by atoms with van der Waals surface area (Å²) < 4.78 is 5.06. The summed E-state index contributed by atoms with van der Waals surface area (Å²) in [6.07, 6.45) is 4.82. The topological polar surface area (TPSA) is 55.4 Å². The fourth-order valence-electron chi connectivity index (χ4n) is 2.96. The second kappa shape index (κ2) is 7.09. The molecule has 2 unspecified atom stereocenters. The van der Waals surface area contributed by atoms with Gasteiger partial charge in [-0.15, -0.1) is 0 Å². The molecule has 1 fully saturated rings. The first kappa shape index (κ1) is 17.0. The van der Waals surface area contributed by atoms with Gasteiger partial charge in [0.25, 0.3) is 0 Å². The minimum absolute atomic E-state index is 0.129. The number of carbonyl (C=O) groups excluding carboxylic acids is 2. The van der Waals surface area contributed by atoms with Crippen LogP contribution >= 0.6 is 0 Å². The third kappa shape index (κ3) is 4.50. The van der Waals surface area contributed by atoms with Crippen molar-refractivity contribution in [2.45, 2.75) is 66.3 Å². The summed E-state index contributed by atoms with van der Waals surface area (Å²) in [5, 5.41) is 3.03. The van der Waals surface area contributed by atoms with Crippen molar-refractivity contribution >= 4 is 11.9 Å². The number of rotatable bonds is 5. The van der Waals surface area contributed by atoms with E-state index >= 15 is 0 Å². The third-order valence-corrected chi connectivity index (χ3v) is 4.13. The van der Waals surface area contributed by atoms with Crippen LogP contribution in [-0.4, -0.2) is 24.5 Å². The van der Waals surface area contributed by atoms with Crippen LogP contribution in [0.3, 0.4) is 0 Å². The van der Waals surface area contributed by atoms with E-state index in [1.54, 1.807) is 6.92 Å². The fraction of sp³-hybridized carbons (Fsp3) is 0.875. The smallest absolute Gasteiger partial charge is 0.319 e. The van der Waals surface area contributed by atoms with Crippen LogP contribution in [0.5, 0.6) is 0 Å². The molecular weight excluding hydrogens is 254 g/mol. The zero-order valence-corrected chi connectivity index (χ0v) is 13.5. The van der Waals surface area contributed by atoms with E-state index in [1.165, 1.54) is 25.7 Å². The Bertz CT molecular complexity index is 340. The van der Waals surface area contributed by atoms with E-state index in [0.717, 1.165) is 0 Å². The quantitative estimate of drug-likeness (QED) is 0.623. The van der Waals surface area contributed by atoms with Crippen LogP contribution in [0.1, 0.15) is 60.3 Å². The van der Waals surface area contributed by atoms with Crippen molar-refractivity contribution in [3.63, 3.8) is 0 Å². The van der Waals surface area contributed by atoms with Gasteiger partial charge in [-0.3, -0.25) is 9.59 Å². The molecule has 0 spiro atoms. The van der Waals surface area contributed by atoms with Gasteiger partial charge in [0, 0.05) is 6.04 Å². The molecule has 116 valence electrons. The van der Waals surface area contributed by atoms with Gasteiger partial charge in [0.2, 0.25) is 5.91 Å². The van der Waals surface area contributed by atoms with Gasteiger partial charge in [-0.25, -0.2) is 0 Å². The van der Waals surface area contributed by atoms with Crippen molar-refractivity contribution in [3.05, 3.63) is 0 Å². The number of hydrogen-bond donors (Lipinski definition) is 1. The Morgan fingerprint density at radius 3 is 2.25 bits per heavy atom. The number of amides is 1. The van der Waals surface area contributed by atoms with Gasteiger partial charge in [-0.1, -0.05) is 33.6 Å². The van der Waals surface area contributed by atoms with Gasteiger partial charge in [0.05, 0.1) is 6.61 Å². The SMILES string of the molecule is CCOC(=O)C(C(=O)NC(C)C1CCCC1)C(C)(C)C. The molecule has 0 radical (unpaired) electrons. The highest BCUT2D eigenvalue weighted by Gasteiger charge is 2.39. The van der Waals surface area contributed by atoms with E-state index in [1.807, 2.05) is 27.7 Å². The van der Waals surface area contributed by atoms with Crippen molar-refractivity contribution in [1.82, 2.24) is 5.32 Å². The maximum atomic E-state index is 12.5. The molecule has 1 N–H and O–H groups in total. The van der Waals surface area contributed by atoms with Gasteiger partial charge in [-0.05, 0) is 38.0 Å². The summed E-state index contributed by atoms with van der Waals surface area (Å²) in [5.41, 5.74) is -0.439.